The van der Waals surface area contributed by atoms with Crippen molar-refractivity contribution in [3.8, 4) is 5.75 Å². The fourth-order valence-corrected chi connectivity index (χ4v) is 1.76. The highest BCUT2D eigenvalue weighted by Gasteiger charge is 2.21. The van der Waals surface area contributed by atoms with E-state index in [4.69, 9.17) is 10.8 Å². The van der Waals surface area contributed by atoms with Crippen molar-refractivity contribution in [3.63, 3.8) is 0 Å². The minimum Gasteiger partial charge on any atom is -0.508 e. The lowest BCUT2D eigenvalue weighted by molar-refractivity contribution is -0.138. The Kier molecular flexibility index (Phi) is 3.78. The third-order valence-corrected chi connectivity index (χ3v) is 2.66. The van der Waals surface area contributed by atoms with Gasteiger partial charge in [-0.15, -0.1) is 0 Å². The summed E-state index contributed by atoms with van der Waals surface area (Å²) in [4.78, 5) is 10.8. The zero-order chi connectivity index (χ0) is 13.2. The molecule has 0 radical (unpaired) electrons. The minimum atomic E-state index is -1.02. The van der Waals surface area contributed by atoms with Gasteiger partial charge in [0.05, 0.1) is 0 Å². The second kappa shape index (κ2) is 4.75. The van der Waals surface area contributed by atoms with Crippen LogP contribution in [0.25, 0.3) is 0 Å². The number of benzene rings is 1. The molecule has 0 aliphatic rings. The number of hydrogen-bond donors (Lipinski definition) is 3. The molecule has 94 valence electrons. The third kappa shape index (κ3) is 3.46. The van der Waals surface area contributed by atoms with Gasteiger partial charge in [0.2, 0.25) is 0 Å². The standard InChI is InChI=1S/C13H19NO3/c1-13(2,3)10-7-9(15)5-4-8(10)6-11(14)12(16)17/h4-5,7,11,15H,6,14H2,1-3H3,(H,16,17)/t11-/m1/s1. The van der Waals surface area contributed by atoms with Crippen LogP contribution in [0, 0.1) is 0 Å². The number of carbonyl (C=O) groups is 1. The normalized spacial score (nSPS) is 13.4. The number of carboxylic acids is 1. The predicted octanol–water partition coefficient (Wildman–Crippen LogP) is 1.64. The van der Waals surface area contributed by atoms with Crippen LogP contribution >= 0.6 is 0 Å². The van der Waals surface area contributed by atoms with Crippen molar-refractivity contribution in [2.24, 2.45) is 5.73 Å². The molecular formula is C13H19NO3. The van der Waals surface area contributed by atoms with E-state index in [-0.39, 0.29) is 17.6 Å². The smallest absolute Gasteiger partial charge is 0.320 e. The minimum absolute atomic E-state index is 0.160. The van der Waals surface area contributed by atoms with Gasteiger partial charge in [-0.1, -0.05) is 26.8 Å². The molecule has 0 saturated carbocycles. The van der Waals surface area contributed by atoms with Gasteiger partial charge in [0.15, 0.2) is 0 Å². The summed E-state index contributed by atoms with van der Waals surface area (Å²) < 4.78 is 0. The van der Waals surface area contributed by atoms with Crippen LogP contribution in [-0.2, 0) is 16.6 Å². The SMILES string of the molecule is CC(C)(C)c1cc(O)ccc1C[C@@H](N)C(=O)O. The maximum absolute atomic E-state index is 10.8. The Hall–Kier alpha value is -1.55. The number of carboxylic acid groups (broad SMARTS) is 1. The summed E-state index contributed by atoms with van der Waals surface area (Å²) >= 11 is 0. The van der Waals surface area contributed by atoms with Crippen molar-refractivity contribution in [3.05, 3.63) is 29.3 Å². The Morgan fingerprint density at radius 2 is 2.00 bits per heavy atom. The van der Waals surface area contributed by atoms with Crippen molar-refractivity contribution in [1.82, 2.24) is 0 Å². The average molecular weight is 237 g/mol. The van der Waals surface area contributed by atoms with Gasteiger partial charge in [-0.25, -0.2) is 0 Å². The quantitative estimate of drug-likeness (QED) is 0.746. The van der Waals surface area contributed by atoms with Crippen LogP contribution in [-0.4, -0.2) is 22.2 Å². The number of nitrogens with two attached hydrogens (primary N) is 1. The lowest BCUT2D eigenvalue weighted by Gasteiger charge is -2.24. The highest BCUT2D eigenvalue weighted by Crippen LogP contribution is 2.29. The van der Waals surface area contributed by atoms with Gasteiger partial charge < -0.3 is 15.9 Å². The first-order valence-corrected chi connectivity index (χ1v) is 5.52. The third-order valence-electron chi connectivity index (χ3n) is 2.66. The molecule has 0 unspecified atom stereocenters. The molecule has 0 saturated heterocycles. The van der Waals surface area contributed by atoms with Gasteiger partial charge in [0.25, 0.3) is 0 Å². The van der Waals surface area contributed by atoms with Gasteiger partial charge in [0.1, 0.15) is 11.8 Å². The first-order valence-electron chi connectivity index (χ1n) is 5.52. The zero-order valence-electron chi connectivity index (χ0n) is 10.4. The van der Waals surface area contributed by atoms with Crippen molar-refractivity contribution in [2.45, 2.75) is 38.6 Å². The van der Waals surface area contributed by atoms with E-state index >= 15 is 0 Å². The van der Waals surface area contributed by atoms with Crippen LogP contribution in [0.5, 0.6) is 5.75 Å². The molecule has 0 aromatic heterocycles. The molecular weight excluding hydrogens is 218 g/mol. The fourth-order valence-electron chi connectivity index (χ4n) is 1.76. The Morgan fingerprint density at radius 3 is 2.47 bits per heavy atom. The molecule has 0 aliphatic heterocycles. The van der Waals surface area contributed by atoms with Crippen LogP contribution in [0.3, 0.4) is 0 Å². The summed E-state index contributed by atoms with van der Waals surface area (Å²) in [5, 5.41) is 18.3. The molecule has 4 nitrogen and oxygen atoms in total. The van der Waals surface area contributed by atoms with Gasteiger partial charge in [-0.05, 0) is 35.1 Å². The van der Waals surface area contributed by atoms with Crippen LogP contribution in [0.2, 0.25) is 0 Å². The topological polar surface area (TPSA) is 83.5 Å². The molecule has 1 atom stereocenters. The zero-order valence-corrected chi connectivity index (χ0v) is 10.4. The largest absolute Gasteiger partial charge is 0.508 e. The van der Waals surface area contributed by atoms with E-state index in [2.05, 4.69) is 0 Å². The van der Waals surface area contributed by atoms with E-state index < -0.39 is 12.0 Å². The second-order valence-corrected chi connectivity index (χ2v) is 5.24. The number of rotatable bonds is 3. The van der Waals surface area contributed by atoms with Gasteiger partial charge >= 0.3 is 5.97 Å². The van der Waals surface area contributed by atoms with Crippen LogP contribution in [0.1, 0.15) is 31.9 Å². The molecule has 0 spiro atoms. The van der Waals surface area contributed by atoms with Crippen molar-refractivity contribution in [1.29, 1.82) is 0 Å². The highest BCUT2D eigenvalue weighted by atomic mass is 16.4. The Morgan fingerprint density at radius 1 is 1.41 bits per heavy atom. The first kappa shape index (κ1) is 13.5. The van der Waals surface area contributed by atoms with E-state index in [1.54, 1.807) is 18.2 Å². The Labute approximate surface area is 101 Å². The number of hydrogen-bond acceptors (Lipinski definition) is 3. The summed E-state index contributed by atoms with van der Waals surface area (Å²) in [6.07, 6.45) is 0.266. The van der Waals surface area contributed by atoms with E-state index in [0.717, 1.165) is 11.1 Å². The van der Waals surface area contributed by atoms with Crippen LogP contribution in [0.15, 0.2) is 18.2 Å². The fraction of sp³-hybridized carbons (Fsp3) is 0.462. The van der Waals surface area contributed by atoms with E-state index in [9.17, 15) is 9.90 Å². The van der Waals surface area contributed by atoms with Crippen LogP contribution in [0.4, 0.5) is 0 Å². The number of phenolic OH excluding ortho intramolecular Hbond substituents is 1. The van der Waals surface area contributed by atoms with Crippen molar-refractivity contribution >= 4 is 5.97 Å². The molecule has 0 amide bonds. The molecule has 0 fully saturated rings. The highest BCUT2D eigenvalue weighted by molar-refractivity contribution is 5.73. The summed E-state index contributed by atoms with van der Waals surface area (Å²) in [5.74, 6) is -0.833. The molecule has 1 rings (SSSR count). The summed E-state index contributed by atoms with van der Waals surface area (Å²) in [7, 11) is 0. The molecule has 17 heavy (non-hydrogen) atoms. The molecule has 0 aliphatic carbocycles. The maximum Gasteiger partial charge on any atom is 0.320 e. The summed E-state index contributed by atoms with van der Waals surface area (Å²) in [5.41, 5.74) is 7.17. The van der Waals surface area contributed by atoms with Crippen LogP contribution < -0.4 is 5.73 Å². The average Bonchev–Trinajstić information content (AvgIpc) is 2.18. The number of aromatic hydroxyl groups is 1. The molecule has 0 bridgehead atoms. The molecule has 0 heterocycles. The van der Waals surface area contributed by atoms with Gasteiger partial charge in [0, 0.05) is 0 Å². The van der Waals surface area contributed by atoms with Gasteiger partial charge in [-0.3, -0.25) is 4.79 Å². The first-order chi connectivity index (χ1) is 7.71. The second-order valence-electron chi connectivity index (χ2n) is 5.24. The van der Waals surface area contributed by atoms with Crippen molar-refractivity contribution in [2.75, 3.05) is 0 Å². The van der Waals surface area contributed by atoms with Crippen molar-refractivity contribution < 1.29 is 15.0 Å². The van der Waals surface area contributed by atoms with E-state index in [1.807, 2.05) is 20.8 Å². The monoisotopic (exact) mass is 237 g/mol. The molecule has 4 N–H and O–H groups in total. The molecule has 1 aromatic carbocycles. The van der Waals surface area contributed by atoms with E-state index in [0.29, 0.717) is 0 Å². The number of aliphatic carboxylic acids is 1. The maximum atomic E-state index is 10.8. The molecule has 4 heteroatoms. The summed E-state index contributed by atoms with van der Waals surface area (Å²) in [6, 6.07) is 4.04. The van der Waals surface area contributed by atoms with Gasteiger partial charge in [-0.2, -0.15) is 0 Å². The Balaban J connectivity index is 3.11. The lowest BCUT2D eigenvalue weighted by Crippen LogP contribution is -2.33. The van der Waals surface area contributed by atoms with E-state index in [1.165, 1.54) is 0 Å². The summed E-state index contributed by atoms with van der Waals surface area (Å²) in [6.45, 7) is 6.03. The lowest BCUT2D eigenvalue weighted by atomic mass is 9.82. The molecule has 1 aromatic rings. The number of phenols is 1. The predicted molar refractivity (Wildman–Crippen MR) is 66.1 cm³/mol. The Bertz CT molecular complexity index is 421.